The molecule has 18 heavy (non-hydrogen) atoms. The molecule has 4 heteroatoms. The Morgan fingerprint density at radius 2 is 2.17 bits per heavy atom. The second-order valence-electron chi connectivity index (χ2n) is 4.08. The molecule has 1 atom stereocenters. The number of halogens is 2. The second kappa shape index (κ2) is 7.03. The maximum atomic E-state index is 3.57. The molecule has 96 valence electrons. The minimum Gasteiger partial charge on any atom is -0.310 e. The molecular weight excluding hydrogens is 421 g/mol. The minimum absolute atomic E-state index is 0.398. The molecule has 0 spiro atoms. The topological polar surface area (TPSA) is 12.0 Å². The summed E-state index contributed by atoms with van der Waals surface area (Å²) in [5, 5.41) is 3.57. The molecule has 2 rings (SSSR count). The highest BCUT2D eigenvalue weighted by Crippen LogP contribution is 2.27. The Kier molecular flexibility index (Phi) is 5.66. The van der Waals surface area contributed by atoms with Crippen molar-refractivity contribution in [2.45, 2.75) is 19.4 Å². The quantitative estimate of drug-likeness (QED) is 0.651. The van der Waals surface area contributed by atoms with Crippen LogP contribution in [0.25, 0.3) is 0 Å². The van der Waals surface area contributed by atoms with Crippen LogP contribution >= 0.6 is 49.9 Å². The van der Waals surface area contributed by atoms with Crippen molar-refractivity contribution < 1.29 is 0 Å². The summed E-state index contributed by atoms with van der Waals surface area (Å²) in [4.78, 5) is 1.41. The molecule has 0 bridgehead atoms. The number of likely N-dealkylation sites (N-methyl/N-ethyl adjacent to an activating group) is 1. The first-order valence-electron chi connectivity index (χ1n) is 5.92. The third-order valence-corrected chi connectivity index (χ3v) is 5.05. The molecule has 1 unspecified atom stereocenters. The van der Waals surface area contributed by atoms with Crippen LogP contribution in [0.1, 0.15) is 23.4 Å². The van der Waals surface area contributed by atoms with Crippen molar-refractivity contribution in [1.29, 1.82) is 0 Å². The van der Waals surface area contributed by atoms with E-state index < -0.39 is 0 Å². The Hall–Kier alpha value is 0.0900. The minimum atomic E-state index is 0.398. The van der Waals surface area contributed by atoms with Gasteiger partial charge in [0, 0.05) is 20.9 Å². The molecule has 1 aromatic carbocycles. The molecule has 0 fully saturated rings. The zero-order valence-electron chi connectivity index (χ0n) is 10.1. The Morgan fingerprint density at radius 3 is 2.78 bits per heavy atom. The summed E-state index contributed by atoms with van der Waals surface area (Å²) in [6.45, 7) is 3.15. The number of thiophene rings is 1. The lowest BCUT2D eigenvalue weighted by Gasteiger charge is -2.18. The third-order valence-electron chi connectivity index (χ3n) is 2.74. The van der Waals surface area contributed by atoms with Gasteiger partial charge in [0.15, 0.2) is 0 Å². The van der Waals surface area contributed by atoms with Crippen molar-refractivity contribution in [2.75, 3.05) is 6.54 Å². The Bertz CT molecular complexity index is 512. The lowest BCUT2D eigenvalue weighted by atomic mass is 10.0. The maximum Gasteiger partial charge on any atom is 0.0701 e. The standard InChI is InChI=1S/C14H15BrINS/c1-2-17-13(9-12-6-7-14(15)18-12)10-4-3-5-11(16)8-10/h3-8,13,17H,2,9H2,1H3. The molecule has 2 aromatic rings. The van der Waals surface area contributed by atoms with Gasteiger partial charge in [0.1, 0.15) is 0 Å². The largest absolute Gasteiger partial charge is 0.310 e. The normalized spacial score (nSPS) is 12.6. The van der Waals surface area contributed by atoms with E-state index >= 15 is 0 Å². The van der Waals surface area contributed by atoms with E-state index in [1.54, 1.807) is 0 Å². The van der Waals surface area contributed by atoms with Gasteiger partial charge in [-0.3, -0.25) is 0 Å². The molecule has 1 heterocycles. The molecule has 0 aliphatic rings. The van der Waals surface area contributed by atoms with Gasteiger partial charge in [-0.1, -0.05) is 19.1 Å². The highest BCUT2D eigenvalue weighted by molar-refractivity contribution is 14.1. The van der Waals surface area contributed by atoms with Crippen molar-refractivity contribution >= 4 is 49.9 Å². The van der Waals surface area contributed by atoms with E-state index in [0.717, 1.165) is 13.0 Å². The van der Waals surface area contributed by atoms with Crippen LogP contribution in [0.2, 0.25) is 0 Å². The van der Waals surface area contributed by atoms with Crippen LogP contribution in [0, 0.1) is 3.57 Å². The summed E-state index contributed by atoms with van der Waals surface area (Å²) in [7, 11) is 0. The zero-order chi connectivity index (χ0) is 13.0. The van der Waals surface area contributed by atoms with E-state index in [2.05, 4.69) is 87.2 Å². The van der Waals surface area contributed by atoms with Crippen molar-refractivity contribution in [2.24, 2.45) is 0 Å². The van der Waals surface area contributed by atoms with Crippen LogP contribution in [0.5, 0.6) is 0 Å². The highest BCUT2D eigenvalue weighted by atomic mass is 127. The predicted molar refractivity (Wildman–Crippen MR) is 91.3 cm³/mol. The molecule has 0 saturated heterocycles. The Labute approximate surface area is 134 Å². The number of rotatable bonds is 5. The number of hydrogen-bond acceptors (Lipinski definition) is 2. The first-order valence-corrected chi connectivity index (χ1v) is 8.61. The fourth-order valence-electron chi connectivity index (χ4n) is 1.94. The summed E-state index contributed by atoms with van der Waals surface area (Å²) in [6.07, 6.45) is 1.05. The summed E-state index contributed by atoms with van der Waals surface area (Å²) < 4.78 is 2.50. The third kappa shape index (κ3) is 4.05. The fraction of sp³-hybridized carbons (Fsp3) is 0.286. The van der Waals surface area contributed by atoms with Gasteiger partial charge in [0.25, 0.3) is 0 Å². The van der Waals surface area contributed by atoms with E-state index in [9.17, 15) is 0 Å². The summed E-state index contributed by atoms with van der Waals surface area (Å²) >= 11 is 7.71. The molecular formula is C14H15BrINS. The van der Waals surface area contributed by atoms with Crippen LogP contribution in [0.4, 0.5) is 0 Å². The SMILES string of the molecule is CCNC(Cc1ccc(Br)s1)c1cccc(I)c1. The first-order chi connectivity index (χ1) is 8.69. The van der Waals surface area contributed by atoms with Crippen molar-refractivity contribution in [3.05, 3.63) is 54.2 Å². The van der Waals surface area contributed by atoms with Gasteiger partial charge in [0.05, 0.1) is 3.79 Å². The second-order valence-corrected chi connectivity index (χ2v) is 7.87. The predicted octanol–water partition coefficient (Wildman–Crippen LogP) is 5.01. The molecule has 0 aliphatic carbocycles. The maximum absolute atomic E-state index is 3.57. The summed E-state index contributed by atoms with van der Waals surface area (Å²) in [5.74, 6) is 0. The van der Waals surface area contributed by atoms with Gasteiger partial charge in [-0.2, -0.15) is 0 Å². The average molecular weight is 436 g/mol. The average Bonchev–Trinajstić information content (AvgIpc) is 2.74. The smallest absolute Gasteiger partial charge is 0.0701 e. The van der Waals surface area contributed by atoms with E-state index in [-0.39, 0.29) is 0 Å². The Balaban J connectivity index is 2.17. The van der Waals surface area contributed by atoms with Gasteiger partial charge in [-0.15, -0.1) is 11.3 Å². The summed E-state index contributed by atoms with van der Waals surface area (Å²) in [5.41, 5.74) is 1.37. The molecule has 0 aliphatic heterocycles. The Morgan fingerprint density at radius 1 is 1.33 bits per heavy atom. The van der Waals surface area contributed by atoms with Crippen LogP contribution in [-0.2, 0) is 6.42 Å². The lowest BCUT2D eigenvalue weighted by molar-refractivity contribution is 0.553. The molecule has 1 aromatic heterocycles. The van der Waals surface area contributed by atoms with Crippen molar-refractivity contribution in [1.82, 2.24) is 5.32 Å². The molecule has 0 amide bonds. The van der Waals surface area contributed by atoms with Crippen LogP contribution in [0.3, 0.4) is 0 Å². The van der Waals surface area contributed by atoms with Crippen LogP contribution in [-0.4, -0.2) is 6.54 Å². The van der Waals surface area contributed by atoms with Gasteiger partial charge in [0.2, 0.25) is 0 Å². The van der Waals surface area contributed by atoms with Gasteiger partial charge in [-0.05, 0) is 74.9 Å². The van der Waals surface area contributed by atoms with E-state index in [4.69, 9.17) is 0 Å². The molecule has 0 radical (unpaired) electrons. The highest BCUT2D eigenvalue weighted by Gasteiger charge is 2.12. The number of nitrogens with one attached hydrogen (secondary N) is 1. The number of hydrogen-bond donors (Lipinski definition) is 1. The van der Waals surface area contributed by atoms with E-state index in [1.165, 1.54) is 17.8 Å². The fourth-order valence-corrected chi connectivity index (χ4v) is 4.04. The van der Waals surface area contributed by atoms with E-state index in [1.807, 2.05) is 11.3 Å². The lowest BCUT2D eigenvalue weighted by Crippen LogP contribution is -2.22. The zero-order valence-corrected chi connectivity index (χ0v) is 14.7. The van der Waals surface area contributed by atoms with E-state index in [0.29, 0.717) is 6.04 Å². The van der Waals surface area contributed by atoms with Crippen molar-refractivity contribution in [3.63, 3.8) is 0 Å². The van der Waals surface area contributed by atoms with Crippen LogP contribution < -0.4 is 5.32 Å². The van der Waals surface area contributed by atoms with Gasteiger partial charge >= 0.3 is 0 Å². The first kappa shape index (κ1) is 14.5. The molecule has 0 saturated carbocycles. The molecule has 1 N–H and O–H groups in total. The monoisotopic (exact) mass is 435 g/mol. The van der Waals surface area contributed by atoms with Crippen LogP contribution in [0.15, 0.2) is 40.2 Å². The number of benzene rings is 1. The van der Waals surface area contributed by atoms with Crippen molar-refractivity contribution in [3.8, 4) is 0 Å². The van der Waals surface area contributed by atoms with Gasteiger partial charge < -0.3 is 5.32 Å². The summed E-state index contributed by atoms with van der Waals surface area (Å²) in [6, 6.07) is 13.5. The van der Waals surface area contributed by atoms with Gasteiger partial charge in [-0.25, -0.2) is 0 Å². The molecule has 1 nitrogen and oxygen atoms in total.